The number of halogens is 2. The molecule has 0 aliphatic carbocycles. The fourth-order valence-corrected chi connectivity index (χ4v) is 2.83. The van der Waals surface area contributed by atoms with Crippen molar-refractivity contribution in [2.24, 2.45) is 0 Å². The highest BCUT2D eigenvalue weighted by Gasteiger charge is 2.27. The van der Waals surface area contributed by atoms with Crippen LogP contribution in [0.25, 0.3) is 0 Å². The molecule has 0 aromatic heterocycles. The predicted octanol–water partition coefficient (Wildman–Crippen LogP) is 2.73. The van der Waals surface area contributed by atoms with E-state index in [1.807, 2.05) is 4.90 Å². The third kappa shape index (κ3) is 3.42. The van der Waals surface area contributed by atoms with Gasteiger partial charge in [-0.1, -0.05) is 12.1 Å². The molecule has 8 heteroatoms. The topological polar surface area (TPSA) is 63.9 Å². The lowest BCUT2D eigenvalue weighted by atomic mass is 10.1. The van der Waals surface area contributed by atoms with E-state index in [4.69, 9.17) is 5.21 Å². The highest BCUT2D eigenvalue weighted by molar-refractivity contribution is 5.95. The van der Waals surface area contributed by atoms with Crippen LogP contribution in [0.3, 0.4) is 0 Å². The number of hydrogen-bond acceptors (Lipinski definition) is 3. The monoisotopic (exact) mass is 348 g/mol. The Kier molecular flexibility index (Phi) is 4.60. The third-order valence-electron chi connectivity index (χ3n) is 4.16. The van der Waals surface area contributed by atoms with Crippen LogP contribution in [-0.2, 0) is 0 Å². The molecule has 0 unspecified atom stereocenters. The van der Waals surface area contributed by atoms with E-state index in [1.165, 1.54) is 11.0 Å². The highest BCUT2D eigenvalue weighted by atomic mass is 19.1. The Hall–Kier alpha value is -3.03. The summed E-state index contributed by atoms with van der Waals surface area (Å²) >= 11 is 0. The fourth-order valence-electron chi connectivity index (χ4n) is 2.83. The average molecular weight is 348 g/mol. The molecular weight excluding hydrogens is 332 g/mol. The lowest BCUT2D eigenvalue weighted by molar-refractivity contribution is -0.729. The minimum absolute atomic E-state index is 0.227. The third-order valence-corrected chi connectivity index (χ3v) is 4.16. The number of hydrogen-bond donors (Lipinski definition) is 1. The number of benzene rings is 2. The molecule has 2 aromatic carbocycles. The van der Waals surface area contributed by atoms with E-state index in [1.54, 1.807) is 18.2 Å². The molecule has 0 spiro atoms. The predicted molar refractivity (Wildman–Crippen MR) is 86.0 cm³/mol. The number of nitrogens with zero attached hydrogens (tertiary/aromatic N) is 3. The van der Waals surface area contributed by atoms with Crippen LogP contribution in [0.1, 0.15) is 10.4 Å². The zero-order chi connectivity index (χ0) is 18.0. The molecule has 1 amide bonds. The number of carbonyl (C=O) groups excluding carboxylic acids is 1. The van der Waals surface area contributed by atoms with Crippen LogP contribution >= 0.6 is 0 Å². The Balaban J connectivity index is 1.73. The van der Waals surface area contributed by atoms with Crippen molar-refractivity contribution in [3.63, 3.8) is 0 Å². The van der Waals surface area contributed by atoms with Crippen molar-refractivity contribution >= 4 is 17.3 Å². The molecule has 0 atom stereocenters. The quantitative estimate of drug-likeness (QED) is 0.867. The molecule has 130 valence electrons. The Bertz CT molecular complexity index is 821. The van der Waals surface area contributed by atoms with Crippen molar-refractivity contribution in [1.82, 2.24) is 4.90 Å². The minimum atomic E-state index is -0.771. The molecule has 1 aliphatic rings. The van der Waals surface area contributed by atoms with E-state index in [2.05, 4.69) is 0 Å². The molecule has 0 bridgehead atoms. The summed E-state index contributed by atoms with van der Waals surface area (Å²) in [4.78, 5) is 26.2. The molecular formula is C17H16F2N3O3+. The maximum Gasteiger partial charge on any atom is 0.317 e. The smallest absolute Gasteiger partial charge is 0.317 e. The SMILES string of the molecule is O=C(c1cc([N+](=O)O)ccc1F)N1CCN(c2ccccc2F)CC1. The Morgan fingerprint density at radius 2 is 1.68 bits per heavy atom. The minimum Gasteiger partial charge on any atom is -0.366 e. The summed E-state index contributed by atoms with van der Waals surface area (Å²) in [5.41, 5.74) is -0.0495. The van der Waals surface area contributed by atoms with E-state index < -0.39 is 16.6 Å². The van der Waals surface area contributed by atoms with E-state index in [9.17, 15) is 18.5 Å². The lowest BCUT2D eigenvalue weighted by Gasteiger charge is -2.36. The summed E-state index contributed by atoms with van der Waals surface area (Å²) < 4.78 is 27.8. The zero-order valence-electron chi connectivity index (χ0n) is 13.2. The maximum atomic E-state index is 13.9. The first-order valence-corrected chi connectivity index (χ1v) is 7.72. The van der Waals surface area contributed by atoms with Gasteiger partial charge in [0.25, 0.3) is 10.8 Å². The Labute approximate surface area is 142 Å². The van der Waals surface area contributed by atoms with Gasteiger partial charge in [0.15, 0.2) is 0 Å². The zero-order valence-corrected chi connectivity index (χ0v) is 13.2. The number of para-hydroxylation sites is 1. The second-order valence-electron chi connectivity index (χ2n) is 5.67. The van der Waals surface area contributed by atoms with Crippen LogP contribution in [0, 0.1) is 16.5 Å². The van der Waals surface area contributed by atoms with Gasteiger partial charge in [-0.15, -0.1) is 0 Å². The van der Waals surface area contributed by atoms with E-state index in [0.717, 1.165) is 18.2 Å². The van der Waals surface area contributed by atoms with Crippen molar-refractivity contribution < 1.29 is 23.7 Å². The molecule has 1 fully saturated rings. The van der Waals surface area contributed by atoms with Crippen molar-refractivity contribution in [2.45, 2.75) is 0 Å². The van der Waals surface area contributed by atoms with Crippen LogP contribution in [0.5, 0.6) is 0 Å². The van der Waals surface area contributed by atoms with E-state index in [-0.39, 0.29) is 30.2 Å². The van der Waals surface area contributed by atoms with Crippen molar-refractivity contribution in [2.75, 3.05) is 31.1 Å². The Morgan fingerprint density at radius 3 is 2.32 bits per heavy atom. The molecule has 25 heavy (non-hydrogen) atoms. The van der Waals surface area contributed by atoms with Crippen molar-refractivity contribution in [1.29, 1.82) is 0 Å². The fraction of sp³-hybridized carbons (Fsp3) is 0.235. The first-order chi connectivity index (χ1) is 12.0. The van der Waals surface area contributed by atoms with Gasteiger partial charge in [0, 0.05) is 38.3 Å². The van der Waals surface area contributed by atoms with Gasteiger partial charge in [-0.05, 0) is 18.2 Å². The normalized spacial score (nSPS) is 14.5. The number of piperazine rings is 1. The van der Waals surface area contributed by atoms with Crippen molar-refractivity contribution in [3.8, 4) is 0 Å². The number of anilines is 1. The second kappa shape index (κ2) is 6.84. The van der Waals surface area contributed by atoms with Crippen LogP contribution in [0.15, 0.2) is 42.5 Å². The highest BCUT2D eigenvalue weighted by Crippen LogP contribution is 2.22. The van der Waals surface area contributed by atoms with Crippen LogP contribution in [0.4, 0.5) is 20.2 Å². The van der Waals surface area contributed by atoms with E-state index in [0.29, 0.717) is 18.8 Å². The van der Waals surface area contributed by atoms with Crippen LogP contribution < -0.4 is 4.90 Å². The van der Waals surface area contributed by atoms with Gasteiger partial charge in [-0.2, -0.15) is 0 Å². The van der Waals surface area contributed by atoms with Crippen LogP contribution in [0.2, 0.25) is 0 Å². The summed E-state index contributed by atoms with van der Waals surface area (Å²) in [6.07, 6.45) is 0. The van der Waals surface area contributed by atoms with E-state index >= 15 is 0 Å². The first-order valence-electron chi connectivity index (χ1n) is 7.72. The molecule has 1 aliphatic heterocycles. The van der Waals surface area contributed by atoms with Gasteiger partial charge in [0.2, 0.25) is 0 Å². The average Bonchev–Trinajstić information content (AvgIpc) is 2.62. The molecule has 3 rings (SSSR count). The summed E-state index contributed by atoms with van der Waals surface area (Å²) in [6, 6.07) is 9.43. The van der Waals surface area contributed by atoms with Crippen LogP contribution in [-0.4, -0.2) is 47.1 Å². The maximum absolute atomic E-state index is 13.9. The standard InChI is InChI=1S/C17H16F2N3O3/c18-14-6-5-12(22(24)25)11-13(14)17(23)21-9-7-20(8-10-21)16-4-2-1-3-15(16)19/h1-6,11H,7-10H2,(H,24,25)/q+1. The summed E-state index contributed by atoms with van der Waals surface area (Å²) in [6.45, 7) is 1.39. The molecule has 1 heterocycles. The number of rotatable bonds is 3. The summed E-state index contributed by atoms with van der Waals surface area (Å²) in [5.74, 6) is -1.68. The number of carbonyl (C=O) groups is 1. The second-order valence-corrected chi connectivity index (χ2v) is 5.67. The van der Waals surface area contributed by atoms with Gasteiger partial charge < -0.3 is 9.80 Å². The summed E-state index contributed by atoms with van der Waals surface area (Å²) in [5, 5.41) is 8.91. The first kappa shape index (κ1) is 16.8. The molecule has 0 radical (unpaired) electrons. The van der Waals surface area contributed by atoms with Gasteiger partial charge in [0.05, 0.1) is 16.2 Å². The largest absolute Gasteiger partial charge is 0.366 e. The van der Waals surface area contributed by atoms with Gasteiger partial charge in [-0.25, -0.2) is 14.0 Å². The van der Waals surface area contributed by atoms with Crippen molar-refractivity contribution in [3.05, 3.63) is 64.6 Å². The van der Waals surface area contributed by atoms with Gasteiger partial charge >= 0.3 is 5.69 Å². The van der Waals surface area contributed by atoms with Gasteiger partial charge in [0.1, 0.15) is 11.6 Å². The molecule has 6 nitrogen and oxygen atoms in total. The molecule has 2 aromatic rings. The molecule has 1 N–H and O–H groups in total. The molecule has 1 saturated heterocycles. The number of amides is 1. The lowest BCUT2D eigenvalue weighted by Crippen LogP contribution is -2.49. The summed E-state index contributed by atoms with van der Waals surface area (Å²) in [7, 11) is 0. The molecule has 0 saturated carbocycles. The Morgan fingerprint density at radius 1 is 1.00 bits per heavy atom. The van der Waals surface area contributed by atoms with Gasteiger partial charge in [-0.3, -0.25) is 4.79 Å².